The first-order chi connectivity index (χ1) is 9.66. The predicted octanol–water partition coefficient (Wildman–Crippen LogP) is 3.92. The summed E-state index contributed by atoms with van der Waals surface area (Å²) in [4.78, 5) is 19.8. The van der Waals surface area contributed by atoms with Gasteiger partial charge in [0.25, 0.3) is 0 Å². The standard InChI is InChI=1S/C17H16N2O/c1-11(2)12-5-7-13(8-6-12)16(20)15-10-19-17-14(15)4-3-9-18-17/h3-11H,1-2H3,(H,18,19). The van der Waals surface area contributed by atoms with Crippen molar-refractivity contribution in [3.8, 4) is 0 Å². The highest BCUT2D eigenvalue weighted by atomic mass is 16.1. The number of H-pyrrole nitrogens is 1. The van der Waals surface area contributed by atoms with E-state index in [0.29, 0.717) is 17.0 Å². The van der Waals surface area contributed by atoms with Crippen LogP contribution in [0.25, 0.3) is 11.0 Å². The first kappa shape index (κ1) is 12.6. The number of nitrogens with one attached hydrogen (secondary N) is 1. The number of pyridine rings is 1. The van der Waals surface area contributed by atoms with Crippen molar-refractivity contribution < 1.29 is 4.79 Å². The quantitative estimate of drug-likeness (QED) is 0.729. The van der Waals surface area contributed by atoms with Gasteiger partial charge in [0.05, 0.1) is 0 Å². The van der Waals surface area contributed by atoms with E-state index in [2.05, 4.69) is 23.8 Å². The topological polar surface area (TPSA) is 45.8 Å². The van der Waals surface area contributed by atoms with Crippen LogP contribution in [0.5, 0.6) is 0 Å². The Labute approximate surface area is 117 Å². The molecule has 100 valence electrons. The fourth-order valence-electron chi connectivity index (χ4n) is 2.32. The van der Waals surface area contributed by atoms with Gasteiger partial charge in [-0.2, -0.15) is 0 Å². The molecule has 3 aromatic rings. The van der Waals surface area contributed by atoms with Crippen molar-refractivity contribution in [3.63, 3.8) is 0 Å². The van der Waals surface area contributed by atoms with Crippen molar-refractivity contribution in [3.05, 3.63) is 65.5 Å². The second-order valence-corrected chi connectivity index (χ2v) is 5.21. The first-order valence-electron chi connectivity index (χ1n) is 6.73. The number of aromatic amines is 1. The van der Waals surface area contributed by atoms with Gasteiger partial charge in [0, 0.05) is 28.9 Å². The summed E-state index contributed by atoms with van der Waals surface area (Å²) in [6.07, 6.45) is 3.45. The molecule has 0 saturated carbocycles. The molecule has 20 heavy (non-hydrogen) atoms. The van der Waals surface area contributed by atoms with E-state index in [-0.39, 0.29) is 5.78 Å². The lowest BCUT2D eigenvalue weighted by Crippen LogP contribution is -2.00. The molecule has 0 aliphatic carbocycles. The van der Waals surface area contributed by atoms with Crippen LogP contribution in [0, 0.1) is 0 Å². The fraction of sp³-hybridized carbons (Fsp3) is 0.176. The Morgan fingerprint density at radius 2 is 1.90 bits per heavy atom. The smallest absolute Gasteiger partial charge is 0.195 e. The normalized spacial score (nSPS) is 11.2. The molecule has 0 atom stereocenters. The molecule has 0 unspecified atom stereocenters. The molecule has 0 aliphatic heterocycles. The van der Waals surface area contributed by atoms with Gasteiger partial charge < -0.3 is 4.98 Å². The average Bonchev–Trinajstić information content (AvgIpc) is 2.90. The summed E-state index contributed by atoms with van der Waals surface area (Å²) in [7, 11) is 0. The minimum atomic E-state index is 0.0274. The number of benzene rings is 1. The SMILES string of the molecule is CC(C)c1ccc(C(=O)c2c[nH]c3ncccc23)cc1. The Balaban J connectivity index is 2.00. The van der Waals surface area contributed by atoms with Crippen LogP contribution < -0.4 is 0 Å². The largest absolute Gasteiger partial charge is 0.345 e. The van der Waals surface area contributed by atoms with Gasteiger partial charge in [-0.1, -0.05) is 38.1 Å². The summed E-state index contributed by atoms with van der Waals surface area (Å²) in [5.74, 6) is 0.496. The van der Waals surface area contributed by atoms with E-state index in [4.69, 9.17) is 0 Å². The number of ketones is 1. The maximum Gasteiger partial charge on any atom is 0.195 e. The molecule has 0 fully saturated rings. The lowest BCUT2D eigenvalue weighted by atomic mass is 9.98. The maximum absolute atomic E-state index is 12.6. The van der Waals surface area contributed by atoms with Gasteiger partial charge in [0.15, 0.2) is 5.78 Å². The second-order valence-electron chi connectivity index (χ2n) is 5.21. The molecule has 3 heteroatoms. The molecule has 3 rings (SSSR count). The van der Waals surface area contributed by atoms with Crippen LogP contribution in [0.2, 0.25) is 0 Å². The highest BCUT2D eigenvalue weighted by molar-refractivity contribution is 6.15. The Hall–Kier alpha value is -2.42. The van der Waals surface area contributed by atoms with Gasteiger partial charge in [0.2, 0.25) is 0 Å². The van der Waals surface area contributed by atoms with Crippen LogP contribution in [0.15, 0.2) is 48.8 Å². The van der Waals surface area contributed by atoms with E-state index in [9.17, 15) is 4.79 Å². The van der Waals surface area contributed by atoms with Gasteiger partial charge >= 0.3 is 0 Å². The lowest BCUT2D eigenvalue weighted by Gasteiger charge is -2.06. The molecule has 0 aliphatic rings. The molecule has 1 aromatic carbocycles. The molecule has 2 aromatic heterocycles. The highest BCUT2D eigenvalue weighted by Gasteiger charge is 2.14. The van der Waals surface area contributed by atoms with E-state index in [1.54, 1.807) is 12.4 Å². The van der Waals surface area contributed by atoms with E-state index in [1.165, 1.54) is 5.56 Å². The molecule has 2 heterocycles. The number of aromatic nitrogens is 2. The van der Waals surface area contributed by atoms with Crippen molar-refractivity contribution in [2.45, 2.75) is 19.8 Å². The average molecular weight is 264 g/mol. The van der Waals surface area contributed by atoms with E-state index in [1.807, 2.05) is 36.4 Å². The highest BCUT2D eigenvalue weighted by Crippen LogP contribution is 2.21. The Morgan fingerprint density at radius 3 is 2.60 bits per heavy atom. The molecule has 1 N–H and O–H groups in total. The number of carbonyl (C=O) groups excluding carboxylic acids is 1. The summed E-state index contributed by atoms with van der Waals surface area (Å²) >= 11 is 0. The van der Waals surface area contributed by atoms with E-state index < -0.39 is 0 Å². The van der Waals surface area contributed by atoms with Crippen molar-refractivity contribution in [2.24, 2.45) is 0 Å². The zero-order valence-electron chi connectivity index (χ0n) is 11.6. The Kier molecular flexibility index (Phi) is 3.11. The fourth-order valence-corrected chi connectivity index (χ4v) is 2.32. The van der Waals surface area contributed by atoms with Crippen molar-refractivity contribution in [1.29, 1.82) is 0 Å². The van der Waals surface area contributed by atoms with Crippen LogP contribution in [0.4, 0.5) is 0 Å². The van der Waals surface area contributed by atoms with Crippen LogP contribution in [0.3, 0.4) is 0 Å². The zero-order valence-corrected chi connectivity index (χ0v) is 11.6. The number of nitrogens with zero attached hydrogens (tertiary/aromatic N) is 1. The minimum Gasteiger partial charge on any atom is -0.345 e. The van der Waals surface area contributed by atoms with Gasteiger partial charge in [-0.25, -0.2) is 4.98 Å². The monoisotopic (exact) mass is 264 g/mol. The number of fused-ring (bicyclic) bond motifs is 1. The molecule has 0 saturated heterocycles. The van der Waals surface area contributed by atoms with E-state index in [0.717, 1.165) is 11.0 Å². The van der Waals surface area contributed by atoms with Crippen LogP contribution in [-0.2, 0) is 0 Å². The third kappa shape index (κ3) is 2.11. The van der Waals surface area contributed by atoms with Gasteiger partial charge in [-0.15, -0.1) is 0 Å². The number of carbonyl (C=O) groups is 1. The number of hydrogen-bond donors (Lipinski definition) is 1. The van der Waals surface area contributed by atoms with Crippen molar-refractivity contribution in [1.82, 2.24) is 9.97 Å². The maximum atomic E-state index is 12.6. The summed E-state index contributed by atoms with van der Waals surface area (Å²) < 4.78 is 0. The van der Waals surface area contributed by atoms with Crippen LogP contribution >= 0.6 is 0 Å². The third-order valence-corrected chi connectivity index (χ3v) is 3.54. The molecule has 0 radical (unpaired) electrons. The predicted molar refractivity (Wildman–Crippen MR) is 80.1 cm³/mol. The van der Waals surface area contributed by atoms with Gasteiger partial charge in [-0.3, -0.25) is 4.79 Å². The summed E-state index contributed by atoms with van der Waals surface area (Å²) in [5, 5.41) is 0.866. The summed E-state index contributed by atoms with van der Waals surface area (Å²) in [6.45, 7) is 4.28. The second kappa shape index (κ2) is 4.93. The van der Waals surface area contributed by atoms with Gasteiger partial charge in [-0.05, 0) is 23.6 Å². The summed E-state index contributed by atoms with van der Waals surface area (Å²) in [5.41, 5.74) is 3.36. The molecule has 0 bridgehead atoms. The first-order valence-corrected chi connectivity index (χ1v) is 6.73. The third-order valence-electron chi connectivity index (χ3n) is 3.54. The number of rotatable bonds is 3. The molecule has 0 amide bonds. The zero-order chi connectivity index (χ0) is 14.1. The molecular weight excluding hydrogens is 248 g/mol. The molecule has 0 spiro atoms. The summed E-state index contributed by atoms with van der Waals surface area (Å²) in [6, 6.07) is 11.6. The Bertz CT molecular complexity index is 754. The van der Waals surface area contributed by atoms with Crippen molar-refractivity contribution >= 4 is 16.8 Å². The van der Waals surface area contributed by atoms with Crippen LogP contribution in [-0.4, -0.2) is 15.8 Å². The van der Waals surface area contributed by atoms with Crippen molar-refractivity contribution in [2.75, 3.05) is 0 Å². The van der Waals surface area contributed by atoms with Crippen LogP contribution in [0.1, 0.15) is 41.3 Å². The lowest BCUT2D eigenvalue weighted by molar-refractivity contribution is 0.104. The minimum absolute atomic E-state index is 0.0274. The molecular formula is C17H16N2O. The molecule has 3 nitrogen and oxygen atoms in total. The van der Waals surface area contributed by atoms with Gasteiger partial charge in [0.1, 0.15) is 5.65 Å². The number of hydrogen-bond acceptors (Lipinski definition) is 2. The van der Waals surface area contributed by atoms with E-state index >= 15 is 0 Å². The Morgan fingerprint density at radius 1 is 1.15 bits per heavy atom.